The fourth-order valence-electron chi connectivity index (χ4n) is 8.99. The first-order valence-corrected chi connectivity index (χ1v) is 23.5. The Bertz CT molecular complexity index is 2510. The lowest BCUT2D eigenvalue weighted by molar-refractivity contribution is -0.144. The van der Waals surface area contributed by atoms with E-state index < -0.39 is 64.7 Å². The minimum atomic E-state index is -1.62. The molecule has 2 aliphatic rings. The number of aryl methyl sites for hydroxylation is 1. The molecule has 360 valence electrons. The first-order chi connectivity index (χ1) is 31.8. The molecule has 1 fully saturated rings. The highest BCUT2D eigenvalue weighted by molar-refractivity contribution is 7.13. The van der Waals surface area contributed by atoms with Crippen molar-refractivity contribution in [3.05, 3.63) is 106 Å². The van der Waals surface area contributed by atoms with Gasteiger partial charge in [0.15, 0.2) is 0 Å². The molecule has 3 amide bonds. The standard InChI is InChI=1S/C50H61F3N6O7S/c1-29-20-36-35-10-8-9-11-39(35)56-43(36)44(59(29)27-50(6,7)53)42-37(51)22-34(23-38(42)52)66-19-18-64-16-17-65-26-41(61)57-46(49(3,4)5)48(63)58-25-33(60)21-40(58)47(62)54-24-31-12-14-32(15-13-31)45-30(2)55-28-67-45/h8-15,22-23,28-29,33,40,44,46,56,60H,16-21,24-27H2,1-7H3,(H,54,62)(H,57,61)/t29-,33-,40+,44?,46-/m1/s1. The number of likely N-dealkylation sites (tertiary alicyclic amines) is 1. The van der Waals surface area contributed by atoms with E-state index >= 15 is 13.2 Å². The molecule has 2 aliphatic heterocycles. The van der Waals surface area contributed by atoms with Gasteiger partial charge in [0.25, 0.3) is 0 Å². The van der Waals surface area contributed by atoms with E-state index in [1.807, 2.05) is 67.3 Å². The molecule has 1 saturated heterocycles. The van der Waals surface area contributed by atoms with E-state index in [0.717, 1.165) is 50.3 Å². The molecule has 1 unspecified atom stereocenters. The van der Waals surface area contributed by atoms with Crippen LogP contribution in [0.3, 0.4) is 0 Å². The van der Waals surface area contributed by atoms with Crippen molar-refractivity contribution in [3.63, 3.8) is 0 Å². The fraction of sp³-hybridized carbons (Fsp3) is 0.480. The predicted octanol–water partition coefficient (Wildman–Crippen LogP) is 7.18. The minimum absolute atomic E-state index is 0.0232. The number of thiazole rings is 1. The van der Waals surface area contributed by atoms with Crippen LogP contribution in [0.1, 0.15) is 82.1 Å². The minimum Gasteiger partial charge on any atom is -0.491 e. The van der Waals surface area contributed by atoms with E-state index in [9.17, 15) is 19.5 Å². The van der Waals surface area contributed by atoms with Gasteiger partial charge in [-0.2, -0.15) is 0 Å². The SMILES string of the molecule is Cc1ncsc1-c1ccc(CNC(=O)[C@@H]2C[C@@H](O)CN2C(=O)[C@@H](NC(=O)COCCOCCOc2cc(F)c(C3c4[nH]c5ccccc5c4C[C@@H](C)N3CC(C)(C)F)c(F)c2)C(C)(C)C)cc1. The normalized spacial score (nSPS) is 19.4. The zero-order valence-electron chi connectivity index (χ0n) is 39.1. The first kappa shape index (κ1) is 49.6. The van der Waals surface area contributed by atoms with E-state index in [1.165, 1.54) is 18.7 Å². The smallest absolute Gasteiger partial charge is 0.246 e. The van der Waals surface area contributed by atoms with E-state index in [1.54, 1.807) is 37.6 Å². The lowest BCUT2D eigenvalue weighted by atomic mass is 9.85. The molecule has 5 atom stereocenters. The number of benzene rings is 3. The van der Waals surface area contributed by atoms with Gasteiger partial charge in [0, 0.05) is 66.4 Å². The Kier molecular flexibility index (Phi) is 15.5. The van der Waals surface area contributed by atoms with Gasteiger partial charge in [-0.15, -0.1) is 11.3 Å². The number of rotatable bonds is 18. The summed E-state index contributed by atoms with van der Waals surface area (Å²) < 4.78 is 64.0. The Balaban J connectivity index is 0.865. The van der Waals surface area contributed by atoms with Gasteiger partial charge in [0.1, 0.15) is 48.4 Å². The van der Waals surface area contributed by atoms with Gasteiger partial charge in [-0.1, -0.05) is 63.2 Å². The molecule has 4 heterocycles. The summed E-state index contributed by atoms with van der Waals surface area (Å²) in [5.74, 6) is -3.11. The van der Waals surface area contributed by atoms with Crippen molar-refractivity contribution in [3.8, 4) is 16.2 Å². The van der Waals surface area contributed by atoms with Crippen molar-refractivity contribution in [1.29, 1.82) is 0 Å². The Hall–Kier alpha value is -5.33. The average molecular weight is 947 g/mol. The molecular weight excluding hydrogens is 886 g/mol. The van der Waals surface area contributed by atoms with Crippen LogP contribution in [0.2, 0.25) is 0 Å². The molecule has 2 aromatic heterocycles. The molecule has 0 saturated carbocycles. The van der Waals surface area contributed by atoms with Crippen LogP contribution in [0.25, 0.3) is 21.3 Å². The highest BCUT2D eigenvalue weighted by Gasteiger charge is 2.45. The highest BCUT2D eigenvalue weighted by atomic mass is 32.1. The first-order valence-electron chi connectivity index (χ1n) is 22.7. The second kappa shape index (κ2) is 20.9. The van der Waals surface area contributed by atoms with Gasteiger partial charge in [-0.3, -0.25) is 19.3 Å². The quantitative estimate of drug-likeness (QED) is 0.0668. The van der Waals surface area contributed by atoms with Gasteiger partial charge >= 0.3 is 0 Å². The van der Waals surface area contributed by atoms with Gasteiger partial charge in [-0.05, 0) is 62.3 Å². The van der Waals surface area contributed by atoms with E-state index in [4.69, 9.17) is 14.2 Å². The Morgan fingerprint density at radius 3 is 2.34 bits per heavy atom. The summed E-state index contributed by atoms with van der Waals surface area (Å²) in [6, 6.07) is 14.7. The third-order valence-corrected chi connectivity index (χ3v) is 13.2. The average Bonchev–Trinajstić information content (AvgIpc) is 3.99. The van der Waals surface area contributed by atoms with Crippen molar-refractivity contribution < 1.29 is 46.9 Å². The van der Waals surface area contributed by atoms with Gasteiger partial charge in [0.05, 0.1) is 48.0 Å². The monoisotopic (exact) mass is 946 g/mol. The van der Waals surface area contributed by atoms with Crippen molar-refractivity contribution in [2.45, 2.75) is 104 Å². The lowest BCUT2D eigenvalue weighted by Crippen LogP contribution is -2.58. The zero-order valence-corrected chi connectivity index (χ0v) is 39.9. The molecule has 3 aromatic carbocycles. The van der Waals surface area contributed by atoms with Crippen molar-refractivity contribution in [2.75, 3.05) is 46.1 Å². The molecule has 7 rings (SSSR count). The van der Waals surface area contributed by atoms with Gasteiger partial charge in [0.2, 0.25) is 17.7 Å². The number of aliphatic hydroxyl groups excluding tert-OH is 1. The Labute approximate surface area is 393 Å². The van der Waals surface area contributed by atoms with E-state index in [-0.39, 0.29) is 76.4 Å². The summed E-state index contributed by atoms with van der Waals surface area (Å²) in [6.07, 6.45) is -0.253. The summed E-state index contributed by atoms with van der Waals surface area (Å²) >= 11 is 1.56. The molecule has 67 heavy (non-hydrogen) atoms. The van der Waals surface area contributed by atoms with Crippen molar-refractivity contribution >= 4 is 40.0 Å². The predicted molar refractivity (Wildman–Crippen MR) is 250 cm³/mol. The number of hydrogen-bond acceptors (Lipinski definition) is 10. The highest BCUT2D eigenvalue weighted by Crippen LogP contribution is 2.44. The van der Waals surface area contributed by atoms with Crippen LogP contribution in [-0.4, -0.2) is 119 Å². The summed E-state index contributed by atoms with van der Waals surface area (Å²) in [7, 11) is 0. The molecule has 0 aliphatic carbocycles. The number of halogens is 3. The number of carbonyl (C=O) groups excluding carboxylic acids is 3. The number of aliphatic hydroxyl groups is 1. The molecular formula is C50H61F3N6O7S. The second-order valence-corrected chi connectivity index (χ2v) is 20.0. The van der Waals surface area contributed by atoms with E-state index in [2.05, 4.69) is 20.6 Å². The molecule has 5 aromatic rings. The molecule has 0 bridgehead atoms. The summed E-state index contributed by atoms with van der Waals surface area (Å²) in [5, 5.41) is 17.2. The van der Waals surface area contributed by atoms with E-state index in [0.29, 0.717) is 12.1 Å². The van der Waals surface area contributed by atoms with Crippen LogP contribution in [0.5, 0.6) is 5.75 Å². The summed E-state index contributed by atoms with van der Waals surface area (Å²) in [6.45, 7) is 12.1. The van der Waals surface area contributed by atoms with Gasteiger partial charge < -0.3 is 39.8 Å². The zero-order chi connectivity index (χ0) is 48.2. The Morgan fingerprint density at radius 1 is 0.985 bits per heavy atom. The summed E-state index contributed by atoms with van der Waals surface area (Å²) in [5.41, 5.74) is 4.52. The van der Waals surface area contributed by atoms with Crippen LogP contribution >= 0.6 is 11.3 Å². The molecule has 13 nitrogen and oxygen atoms in total. The number of fused-ring (bicyclic) bond motifs is 3. The molecule has 17 heteroatoms. The number of H-pyrrole nitrogens is 1. The maximum Gasteiger partial charge on any atom is 0.246 e. The number of β-amino-alcohol motifs (C(OH)–C–C–N with tert-alkyl or cyclic N) is 1. The Morgan fingerprint density at radius 2 is 1.67 bits per heavy atom. The molecule has 0 radical (unpaired) electrons. The topological polar surface area (TPSA) is 158 Å². The number of carbonyl (C=O) groups is 3. The lowest BCUT2D eigenvalue weighted by Gasteiger charge is -2.43. The largest absolute Gasteiger partial charge is 0.491 e. The van der Waals surface area contributed by atoms with Crippen LogP contribution in [0, 0.1) is 24.0 Å². The maximum atomic E-state index is 16.0. The fourth-order valence-corrected chi connectivity index (χ4v) is 9.80. The van der Waals surface area contributed by atoms with Crippen LogP contribution < -0.4 is 15.4 Å². The second-order valence-electron chi connectivity index (χ2n) is 19.2. The number of ether oxygens (including phenoxy) is 3. The number of aromatic amines is 1. The third-order valence-electron chi connectivity index (χ3n) is 12.2. The van der Waals surface area contributed by atoms with Crippen molar-refractivity contribution in [2.24, 2.45) is 5.41 Å². The van der Waals surface area contributed by atoms with Crippen LogP contribution in [-0.2, 0) is 36.8 Å². The number of para-hydroxylation sites is 1. The summed E-state index contributed by atoms with van der Waals surface area (Å²) in [4.78, 5) is 52.4. The number of aromatic nitrogens is 2. The number of nitrogens with one attached hydrogen (secondary N) is 3. The third kappa shape index (κ3) is 11.9. The maximum absolute atomic E-state index is 16.0. The number of hydrogen-bond donors (Lipinski definition) is 4. The van der Waals surface area contributed by atoms with Gasteiger partial charge in [-0.25, -0.2) is 18.2 Å². The van der Waals surface area contributed by atoms with Crippen LogP contribution in [0.15, 0.2) is 66.2 Å². The van der Waals surface area contributed by atoms with Crippen molar-refractivity contribution in [1.82, 2.24) is 30.4 Å². The van der Waals surface area contributed by atoms with Crippen LogP contribution in [0.4, 0.5) is 13.2 Å². The number of amides is 3. The number of alkyl halides is 1. The number of nitrogens with zero attached hydrogens (tertiary/aromatic N) is 3. The molecule has 4 N–H and O–H groups in total. The molecule has 0 spiro atoms.